The van der Waals surface area contributed by atoms with Crippen LogP contribution in [-0.4, -0.2) is 50.7 Å². The average Bonchev–Trinajstić information content (AvgIpc) is 2.36. The minimum absolute atomic E-state index is 0.302. The van der Waals surface area contributed by atoms with E-state index in [1.807, 2.05) is 4.90 Å². The van der Waals surface area contributed by atoms with Gasteiger partial charge in [0, 0.05) is 39.8 Å². The molecule has 1 atom stereocenters. The molecule has 4 nitrogen and oxygen atoms in total. The Hall–Kier alpha value is -0.610. The highest BCUT2D eigenvalue weighted by Gasteiger charge is 2.15. The van der Waals surface area contributed by atoms with Crippen molar-refractivity contribution >= 4 is 5.91 Å². The summed E-state index contributed by atoms with van der Waals surface area (Å²) < 4.78 is 5.06. The fourth-order valence-corrected chi connectivity index (χ4v) is 2.19. The SMILES string of the molecule is COCC(C)CNCCC(=O)N1CCCCC1. The Morgan fingerprint density at radius 2 is 2.06 bits per heavy atom. The van der Waals surface area contributed by atoms with E-state index >= 15 is 0 Å². The minimum atomic E-state index is 0.302. The molecule has 0 spiro atoms. The van der Waals surface area contributed by atoms with Gasteiger partial charge in [0.15, 0.2) is 0 Å². The highest BCUT2D eigenvalue weighted by atomic mass is 16.5. The van der Waals surface area contributed by atoms with Crippen molar-refractivity contribution < 1.29 is 9.53 Å². The molecule has 0 aromatic rings. The number of nitrogens with zero attached hydrogens (tertiary/aromatic N) is 1. The largest absolute Gasteiger partial charge is 0.384 e. The maximum atomic E-state index is 11.8. The van der Waals surface area contributed by atoms with Gasteiger partial charge in [-0.05, 0) is 31.7 Å². The summed E-state index contributed by atoms with van der Waals surface area (Å²) >= 11 is 0. The van der Waals surface area contributed by atoms with E-state index in [0.717, 1.165) is 32.8 Å². The molecule has 1 aliphatic rings. The smallest absolute Gasteiger partial charge is 0.223 e. The van der Waals surface area contributed by atoms with Gasteiger partial charge in [-0.1, -0.05) is 6.92 Å². The Kier molecular flexibility index (Phi) is 7.21. The predicted molar refractivity (Wildman–Crippen MR) is 69.0 cm³/mol. The average molecular weight is 242 g/mol. The van der Waals surface area contributed by atoms with Crippen LogP contribution in [0.5, 0.6) is 0 Å². The number of nitrogens with one attached hydrogen (secondary N) is 1. The van der Waals surface area contributed by atoms with Crippen molar-refractivity contribution in [2.45, 2.75) is 32.6 Å². The molecule has 1 amide bonds. The van der Waals surface area contributed by atoms with E-state index in [0.29, 0.717) is 18.2 Å². The van der Waals surface area contributed by atoms with Crippen molar-refractivity contribution in [3.05, 3.63) is 0 Å². The number of piperidine rings is 1. The van der Waals surface area contributed by atoms with E-state index in [1.54, 1.807) is 7.11 Å². The number of methoxy groups -OCH3 is 1. The van der Waals surface area contributed by atoms with Crippen LogP contribution in [0.4, 0.5) is 0 Å². The standard InChI is InChI=1S/C13H26N2O2/c1-12(11-17-2)10-14-7-6-13(16)15-8-4-3-5-9-15/h12,14H,3-11H2,1-2H3. The fraction of sp³-hybridized carbons (Fsp3) is 0.923. The zero-order valence-electron chi connectivity index (χ0n) is 11.2. The highest BCUT2D eigenvalue weighted by Crippen LogP contribution is 2.09. The molecule has 0 aromatic carbocycles. The molecule has 1 heterocycles. The monoisotopic (exact) mass is 242 g/mol. The zero-order valence-corrected chi connectivity index (χ0v) is 11.2. The molecule has 0 radical (unpaired) electrons. The van der Waals surface area contributed by atoms with Gasteiger partial charge in [0.1, 0.15) is 0 Å². The van der Waals surface area contributed by atoms with Crippen molar-refractivity contribution in [1.82, 2.24) is 10.2 Å². The van der Waals surface area contributed by atoms with Crippen molar-refractivity contribution in [3.8, 4) is 0 Å². The molecule has 17 heavy (non-hydrogen) atoms. The highest BCUT2D eigenvalue weighted by molar-refractivity contribution is 5.76. The first-order valence-corrected chi connectivity index (χ1v) is 6.71. The van der Waals surface area contributed by atoms with E-state index in [1.165, 1.54) is 19.3 Å². The van der Waals surface area contributed by atoms with Crippen LogP contribution in [-0.2, 0) is 9.53 Å². The Balaban J connectivity index is 2.03. The van der Waals surface area contributed by atoms with Gasteiger partial charge >= 0.3 is 0 Å². The quantitative estimate of drug-likeness (QED) is 0.683. The van der Waals surface area contributed by atoms with Gasteiger partial charge < -0.3 is 15.0 Å². The lowest BCUT2D eigenvalue weighted by Gasteiger charge is -2.26. The molecular weight excluding hydrogens is 216 g/mol. The third kappa shape index (κ3) is 6.03. The summed E-state index contributed by atoms with van der Waals surface area (Å²) in [5.41, 5.74) is 0. The van der Waals surface area contributed by atoms with E-state index in [-0.39, 0.29) is 0 Å². The van der Waals surface area contributed by atoms with Crippen LogP contribution in [0.25, 0.3) is 0 Å². The summed E-state index contributed by atoms with van der Waals surface area (Å²) in [6.45, 7) is 6.53. The van der Waals surface area contributed by atoms with Gasteiger partial charge in [0.25, 0.3) is 0 Å². The Bertz CT molecular complexity index is 215. The summed E-state index contributed by atoms with van der Waals surface area (Å²) in [6.07, 6.45) is 4.24. The molecular formula is C13H26N2O2. The number of amides is 1. The van der Waals surface area contributed by atoms with E-state index in [9.17, 15) is 4.79 Å². The maximum absolute atomic E-state index is 11.8. The second-order valence-corrected chi connectivity index (χ2v) is 4.96. The molecule has 1 N–H and O–H groups in total. The molecule has 1 unspecified atom stereocenters. The van der Waals surface area contributed by atoms with Gasteiger partial charge in [-0.25, -0.2) is 0 Å². The van der Waals surface area contributed by atoms with Crippen molar-refractivity contribution in [2.75, 3.05) is 39.9 Å². The van der Waals surface area contributed by atoms with Gasteiger partial charge in [-0.15, -0.1) is 0 Å². The van der Waals surface area contributed by atoms with E-state index in [4.69, 9.17) is 4.74 Å². The number of rotatable bonds is 7. The van der Waals surface area contributed by atoms with Gasteiger partial charge in [-0.2, -0.15) is 0 Å². The molecule has 1 saturated heterocycles. The van der Waals surface area contributed by atoms with E-state index < -0.39 is 0 Å². The van der Waals surface area contributed by atoms with Crippen LogP contribution in [0.15, 0.2) is 0 Å². The molecule has 0 aromatic heterocycles. The molecule has 1 fully saturated rings. The number of carbonyl (C=O) groups excluding carboxylic acids is 1. The van der Waals surface area contributed by atoms with Gasteiger partial charge in [0.2, 0.25) is 5.91 Å². The molecule has 0 bridgehead atoms. The first-order chi connectivity index (χ1) is 8.24. The van der Waals surface area contributed by atoms with Crippen molar-refractivity contribution in [2.24, 2.45) is 5.92 Å². The Labute approximate surface area is 105 Å². The molecule has 1 aliphatic heterocycles. The number of hydrogen-bond donors (Lipinski definition) is 1. The molecule has 1 rings (SSSR count). The summed E-state index contributed by atoms with van der Waals surface area (Å²) in [7, 11) is 1.72. The first kappa shape index (κ1) is 14.5. The lowest BCUT2D eigenvalue weighted by atomic mass is 10.1. The molecule has 4 heteroatoms. The second-order valence-electron chi connectivity index (χ2n) is 4.96. The summed E-state index contributed by atoms with van der Waals surface area (Å²) in [6, 6.07) is 0. The van der Waals surface area contributed by atoms with Crippen LogP contribution in [0, 0.1) is 5.92 Å². The Morgan fingerprint density at radius 3 is 2.71 bits per heavy atom. The molecule has 0 saturated carbocycles. The third-order valence-corrected chi connectivity index (χ3v) is 3.17. The number of carbonyl (C=O) groups is 1. The first-order valence-electron chi connectivity index (χ1n) is 6.71. The lowest BCUT2D eigenvalue weighted by Crippen LogP contribution is -2.37. The van der Waals surface area contributed by atoms with Crippen molar-refractivity contribution in [1.29, 1.82) is 0 Å². The molecule has 0 aliphatic carbocycles. The van der Waals surface area contributed by atoms with Gasteiger partial charge in [-0.3, -0.25) is 4.79 Å². The third-order valence-electron chi connectivity index (χ3n) is 3.17. The van der Waals surface area contributed by atoms with Crippen LogP contribution in [0.3, 0.4) is 0 Å². The van der Waals surface area contributed by atoms with Crippen LogP contribution in [0.1, 0.15) is 32.6 Å². The number of likely N-dealkylation sites (tertiary alicyclic amines) is 1. The number of hydrogen-bond acceptors (Lipinski definition) is 3. The van der Waals surface area contributed by atoms with Crippen LogP contribution < -0.4 is 5.32 Å². The summed E-state index contributed by atoms with van der Waals surface area (Å²) in [5.74, 6) is 0.807. The topological polar surface area (TPSA) is 41.6 Å². The minimum Gasteiger partial charge on any atom is -0.384 e. The predicted octanol–water partition coefficient (Wildman–Crippen LogP) is 1.26. The normalized spacial score (nSPS) is 18.1. The van der Waals surface area contributed by atoms with Gasteiger partial charge in [0.05, 0.1) is 0 Å². The number of ether oxygens (including phenoxy) is 1. The van der Waals surface area contributed by atoms with Crippen LogP contribution >= 0.6 is 0 Å². The second kappa shape index (κ2) is 8.48. The summed E-state index contributed by atoms with van der Waals surface area (Å²) in [4.78, 5) is 13.8. The summed E-state index contributed by atoms with van der Waals surface area (Å²) in [5, 5.41) is 3.31. The fourth-order valence-electron chi connectivity index (χ4n) is 2.19. The van der Waals surface area contributed by atoms with E-state index in [2.05, 4.69) is 12.2 Å². The maximum Gasteiger partial charge on any atom is 0.223 e. The van der Waals surface area contributed by atoms with Crippen LogP contribution in [0.2, 0.25) is 0 Å². The lowest BCUT2D eigenvalue weighted by molar-refractivity contribution is -0.131. The van der Waals surface area contributed by atoms with Crippen molar-refractivity contribution in [3.63, 3.8) is 0 Å². The Morgan fingerprint density at radius 1 is 1.35 bits per heavy atom. The zero-order chi connectivity index (χ0) is 12.5. The molecule has 100 valence electrons.